The Hall–Kier alpha value is -1.79. The number of anilines is 1. The molecule has 0 aliphatic rings. The lowest BCUT2D eigenvalue weighted by Crippen LogP contribution is -2.43. The summed E-state index contributed by atoms with van der Waals surface area (Å²) in [7, 11) is 1.56. The Morgan fingerprint density at radius 3 is 2.57 bits per heavy atom. The standard InChI is InChI=1S/C14H19ClN2O4/c1-8(2)12(7-21-3)17-14(20)16-11-6-9(13(18)19)4-5-10(11)15/h4-6,8,12H,7H2,1-3H3,(H,18,19)(H2,16,17,20). The maximum absolute atomic E-state index is 12.0. The molecule has 116 valence electrons. The summed E-state index contributed by atoms with van der Waals surface area (Å²) in [6.07, 6.45) is 0. The van der Waals surface area contributed by atoms with E-state index >= 15 is 0 Å². The van der Waals surface area contributed by atoms with Crippen LogP contribution in [0.5, 0.6) is 0 Å². The molecule has 0 saturated carbocycles. The Balaban J connectivity index is 2.78. The third kappa shape index (κ3) is 5.24. The molecule has 0 fully saturated rings. The summed E-state index contributed by atoms with van der Waals surface area (Å²) in [6, 6.07) is 3.49. The van der Waals surface area contributed by atoms with Gasteiger partial charge in [-0.2, -0.15) is 0 Å². The fourth-order valence-electron chi connectivity index (χ4n) is 1.66. The number of rotatable bonds is 6. The molecule has 1 aromatic carbocycles. The number of benzene rings is 1. The molecule has 2 amide bonds. The summed E-state index contributed by atoms with van der Waals surface area (Å²) in [5, 5.41) is 14.5. The molecular weight excluding hydrogens is 296 g/mol. The predicted octanol–water partition coefficient (Wildman–Crippen LogP) is 2.83. The maximum Gasteiger partial charge on any atom is 0.335 e. The van der Waals surface area contributed by atoms with Gasteiger partial charge in [0.15, 0.2) is 0 Å². The van der Waals surface area contributed by atoms with Gasteiger partial charge in [-0.05, 0) is 24.1 Å². The number of amides is 2. The fraction of sp³-hybridized carbons (Fsp3) is 0.429. The molecule has 0 radical (unpaired) electrons. The Bertz CT molecular complexity index is 520. The number of urea groups is 1. The van der Waals surface area contributed by atoms with Gasteiger partial charge in [-0.15, -0.1) is 0 Å². The van der Waals surface area contributed by atoms with Crippen LogP contribution in [0.15, 0.2) is 18.2 Å². The van der Waals surface area contributed by atoms with E-state index in [1.165, 1.54) is 18.2 Å². The van der Waals surface area contributed by atoms with Crippen LogP contribution in [0.4, 0.5) is 10.5 Å². The topological polar surface area (TPSA) is 87.7 Å². The van der Waals surface area contributed by atoms with Crippen molar-refractivity contribution in [1.29, 1.82) is 0 Å². The van der Waals surface area contributed by atoms with Crippen molar-refractivity contribution in [2.24, 2.45) is 5.92 Å². The number of hydrogen-bond acceptors (Lipinski definition) is 3. The number of carboxylic acids is 1. The first kappa shape index (κ1) is 17.3. The van der Waals surface area contributed by atoms with Crippen molar-refractivity contribution in [3.8, 4) is 0 Å². The van der Waals surface area contributed by atoms with E-state index in [1.54, 1.807) is 7.11 Å². The number of carbonyl (C=O) groups is 2. The molecule has 1 aromatic rings. The first-order valence-corrected chi connectivity index (χ1v) is 6.82. The van der Waals surface area contributed by atoms with E-state index in [-0.39, 0.29) is 28.2 Å². The van der Waals surface area contributed by atoms with Crippen LogP contribution < -0.4 is 10.6 Å². The minimum absolute atomic E-state index is 0.0481. The molecule has 0 spiro atoms. The molecule has 3 N–H and O–H groups in total. The van der Waals surface area contributed by atoms with E-state index in [1.807, 2.05) is 13.8 Å². The molecule has 0 bridgehead atoms. The highest BCUT2D eigenvalue weighted by Gasteiger charge is 2.17. The van der Waals surface area contributed by atoms with Crippen LogP contribution in [-0.4, -0.2) is 36.9 Å². The average molecular weight is 315 g/mol. The summed E-state index contributed by atoms with van der Waals surface area (Å²) >= 11 is 5.95. The molecule has 1 unspecified atom stereocenters. The summed E-state index contributed by atoms with van der Waals surface area (Å²) in [6.45, 7) is 4.30. The number of carbonyl (C=O) groups excluding carboxylic acids is 1. The molecule has 1 rings (SSSR count). The highest BCUT2D eigenvalue weighted by molar-refractivity contribution is 6.33. The highest BCUT2D eigenvalue weighted by atomic mass is 35.5. The second kappa shape index (κ2) is 7.85. The number of halogens is 1. The maximum atomic E-state index is 12.0. The number of methoxy groups -OCH3 is 1. The zero-order valence-electron chi connectivity index (χ0n) is 12.1. The Labute approximate surface area is 128 Å². The van der Waals surface area contributed by atoms with E-state index in [4.69, 9.17) is 21.4 Å². The van der Waals surface area contributed by atoms with Gasteiger partial charge in [0.1, 0.15) is 0 Å². The number of ether oxygens (including phenoxy) is 1. The van der Waals surface area contributed by atoms with E-state index in [2.05, 4.69) is 10.6 Å². The molecule has 0 heterocycles. The number of carboxylic acid groups (broad SMARTS) is 1. The van der Waals surface area contributed by atoms with Gasteiger partial charge in [0.25, 0.3) is 0 Å². The van der Waals surface area contributed by atoms with Crippen LogP contribution in [-0.2, 0) is 4.74 Å². The predicted molar refractivity (Wildman–Crippen MR) is 81.1 cm³/mol. The summed E-state index contributed by atoms with van der Waals surface area (Å²) in [5.41, 5.74) is 0.293. The van der Waals surface area contributed by atoms with Gasteiger partial charge in [-0.25, -0.2) is 9.59 Å². The Kier molecular flexibility index (Phi) is 6.45. The lowest BCUT2D eigenvalue weighted by Gasteiger charge is -2.22. The van der Waals surface area contributed by atoms with Crippen molar-refractivity contribution in [3.05, 3.63) is 28.8 Å². The quantitative estimate of drug-likeness (QED) is 0.753. The molecule has 0 aromatic heterocycles. The van der Waals surface area contributed by atoms with Gasteiger partial charge in [0.2, 0.25) is 0 Å². The minimum atomic E-state index is -1.09. The van der Waals surface area contributed by atoms with Crippen LogP contribution in [0.3, 0.4) is 0 Å². The summed E-state index contributed by atoms with van der Waals surface area (Å²) in [5.74, 6) is -0.897. The van der Waals surface area contributed by atoms with E-state index in [0.29, 0.717) is 6.61 Å². The van der Waals surface area contributed by atoms with E-state index in [0.717, 1.165) is 0 Å². The number of nitrogens with one attached hydrogen (secondary N) is 2. The first-order valence-electron chi connectivity index (χ1n) is 6.44. The molecule has 1 atom stereocenters. The monoisotopic (exact) mass is 314 g/mol. The molecule has 0 aliphatic heterocycles. The van der Waals surface area contributed by atoms with Crippen molar-refractivity contribution < 1.29 is 19.4 Å². The summed E-state index contributed by atoms with van der Waals surface area (Å²) < 4.78 is 5.04. The van der Waals surface area contributed by atoms with Gasteiger partial charge in [-0.3, -0.25) is 0 Å². The minimum Gasteiger partial charge on any atom is -0.478 e. The van der Waals surface area contributed by atoms with Crippen LogP contribution in [0.1, 0.15) is 24.2 Å². The Morgan fingerprint density at radius 1 is 1.38 bits per heavy atom. The largest absolute Gasteiger partial charge is 0.478 e. The van der Waals surface area contributed by atoms with E-state index < -0.39 is 12.0 Å². The van der Waals surface area contributed by atoms with Crippen molar-refractivity contribution in [2.75, 3.05) is 19.0 Å². The normalized spacial score (nSPS) is 12.0. The smallest absolute Gasteiger partial charge is 0.335 e. The van der Waals surface area contributed by atoms with E-state index in [9.17, 15) is 9.59 Å². The second-order valence-corrected chi connectivity index (χ2v) is 5.31. The molecule has 6 nitrogen and oxygen atoms in total. The van der Waals surface area contributed by atoms with Crippen LogP contribution in [0.2, 0.25) is 5.02 Å². The molecule has 21 heavy (non-hydrogen) atoms. The number of aromatic carboxylic acids is 1. The third-order valence-corrected chi connectivity index (χ3v) is 3.26. The molecule has 7 heteroatoms. The van der Waals surface area contributed by atoms with Crippen molar-refractivity contribution in [2.45, 2.75) is 19.9 Å². The zero-order chi connectivity index (χ0) is 16.0. The summed E-state index contributed by atoms with van der Waals surface area (Å²) in [4.78, 5) is 22.9. The van der Waals surface area contributed by atoms with Crippen LogP contribution in [0.25, 0.3) is 0 Å². The SMILES string of the molecule is COCC(NC(=O)Nc1cc(C(=O)O)ccc1Cl)C(C)C. The van der Waals surface area contributed by atoms with Crippen LogP contribution >= 0.6 is 11.6 Å². The van der Waals surface area contributed by atoms with Crippen molar-refractivity contribution in [3.63, 3.8) is 0 Å². The number of hydrogen-bond donors (Lipinski definition) is 3. The van der Waals surface area contributed by atoms with Crippen LogP contribution in [0, 0.1) is 5.92 Å². The van der Waals surface area contributed by atoms with Gasteiger partial charge in [0, 0.05) is 7.11 Å². The van der Waals surface area contributed by atoms with Gasteiger partial charge in [-0.1, -0.05) is 25.4 Å². The second-order valence-electron chi connectivity index (χ2n) is 4.90. The fourth-order valence-corrected chi connectivity index (χ4v) is 1.83. The lowest BCUT2D eigenvalue weighted by molar-refractivity contribution is 0.0697. The molecule has 0 aliphatic carbocycles. The highest BCUT2D eigenvalue weighted by Crippen LogP contribution is 2.23. The van der Waals surface area contributed by atoms with Gasteiger partial charge >= 0.3 is 12.0 Å². The van der Waals surface area contributed by atoms with Crippen molar-refractivity contribution in [1.82, 2.24) is 5.32 Å². The Morgan fingerprint density at radius 2 is 2.05 bits per heavy atom. The first-order chi connectivity index (χ1) is 9.85. The van der Waals surface area contributed by atoms with Gasteiger partial charge < -0.3 is 20.5 Å². The van der Waals surface area contributed by atoms with Gasteiger partial charge in [0.05, 0.1) is 28.9 Å². The lowest BCUT2D eigenvalue weighted by atomic mass is 10.1. The molecular formula is C14H19ClN2O4. The third-order valence-electron chi connectivity index (χ3n) is 2.93. The zero-order valence-corrected chi connectivity index (χ0v) is 12.9. The average Bonchev–Trinajstić information content (AvgIpc) is 2.40. The van der Waals surface area contributed by atoms with Crippen molar-refractivity contribution >= 4 is 29.3 Å². The molecule has 0 saturated heterocycles.